The molecule has 2 aromatic rings. The molecule has 3 atom stereocenters. The van der Waals surface area contributed by atoms with E-state index in [1.807, 2.05) is 0 Å². The summed E-state index contributed by atoms with van der Waals surface area (Å²) in [6.07, 6.45) is 5.74. The van der Waals surface area contributed by atoms with Crippen LogP contribution < -0.4 is 0 Å². The number of ether oxygens (including phenoxy) is 1. The fourth-order valence-corrected chi connectivity index (χ4v) is 4.53. The quantitative estimate of drug-likeness (QED) is 0.822. The zero-order valence-electron chi connectivity index (χ0n) is 15.0. The molecule has 0 bridgehead atoms. The highest BCUT2D eigenvalue weighted by Gasteiger charge is 2.35. The number of carbonyl (C=O) groups excluding carboxylic acids is 1. The first-order chi connectivity index (χ1) is 12.2. The van der Waals surface area contributed by atoms with Gasteiger partial charge in [-0.1, -0.05) is 55.3 Å². The minimum atomic E-state index is 0.0648. The molecule has 1 aliphatic heterocycles. The van der Waals surface area contributed by atoms with Crippen molar-refractivity contribution in [2.45, 2.75) is 57.3 Å². The van der Waals surface area contributed by atoms with Gasteiger partial charge < -0.3 is 4.74 Å². The van der Waals surface area contributed by atoms with E-state index in [4.69, 9.17) is 4.74 Å². The Bertz CT molecular complexity index is 751. The van der Waals surface area contributed by atoms with Crippen molar-refractivity contribution in [1.82, 2.24) is 4.90 Å². The van der Waals surface area contributed by atoms with Crippen molar-refractivity contribution in [3.8, 4) is 0 Å². The number of benzene rings is 2. The third kappa shape index (κ3) is 3.49. The second-order valence-corrected chi connectivity index (χ2v) is 7.50. The van der Waals surface area contributed by atoms with Crippen LogP contribution in [0.3, 0.4) is 0 Å². The van der Waals surface area contributed by atoms with Crippen molar-refractivity contribution >= 4 is 16.6 Å². The summed E-state index contributed by atoms with van der Waals surface area (Å²) < 4.78 is 6.59. The zero-order chi connectivity index (χ0) is 17.2. The Labute approximate surface area is 150 Å². The Balaban J connectivity index is 1.53. The zero-order valence-corrected chi connectivity index (χ0v) is 15.0. The van der Waals surface area contributed by atoms with Crippen LogP contribution in [0.4, 0.5) is 0 Å². The summed E-state index contributed by atoms with van der Waals surface area (Å²) in [7, 11) is 0. The molecule has 2 aromatic carbocycles. The Morgan fingerprint density at radius 3 is 2.72 bits per heavy atom. The van der Waals surface area contributed by atoms with Crippen LogP contribution in [0.2, 0.25) is 0 Å². The highest BCUT2D eigenvalue weighted by Crippen LogP contribution is 2.33. The Kier molecular flexibility index (Phi) is 4.87. The molecule has 0 amide bonds. The van der Waals surface area contributed by atoms with E-state index in [0.29, 0.717) is 24.8 Å². The van der Waals surface area contributed by atoms with Gasteiger partial charge in [0.15, 0.2) is 0 Å². The number of fused-ring (bicyclic) bond motifs is 1. The summed E-state index contributed by atoms with van der Waals surface area (Å²) in [5, 5.41) is 2.54. The third-order valence-corrected chi connectivity index (χ3v) is 5.83. The summed E-state index contributed by atoms with van der Waals surface area (Å²) in [6.45, 7) is 3.70. The Morgan fingerprint density at radius 1 is 1.08 bits per heavy atom. The van der Waals surface area contributed by atoms with Crippen LogP contribution in [-0.4, -0.2) is 35.9 Å². The molecule has 2 fully saturated rings. The topological polar surface area (TPSA) is 29.5 Å². The highest BCUT2D eigenvalue weighted by molar-refractivity contribution is 5.86. The van der Waals surface area contributed by atoms with Gasteiger partial charge in [0.05, 0.1) is 18.8 Å². The number of rotatable bonds is 4. The largest absolute Gasteiger partial charge is 0.369 e. The first kappa shape index (κ1) is 16.7. The molecule has 1 aliphatic carbocycles. The van der Waals surface area contributed by atoms with Crippen LogP contribution in [-0.2, 0) is 9.53 Å². The summed E-state index contributed by atoms with van der Waals surface area (Å²) in [5.74, 6) is 0.381. The van der Waals surface area contributed by atoms with E-state index in [-0.39, 0.29) is 12.2 Å². The maximum Gasteiger partial charge on any atom is 0.148 e. The molecule has 3 nitrogen and oxygen atoms in total. The van der Waals surface area contributed by atoms with Crippen molar-refractivity contribution < 1.29 is 9.53 Å². The van der Waals surface area contributed by atoms with Crippen molar-refractivity contribution in [3.63, 3.8) is 0 Å². The van der Waals surface area contributed by atoms with E-state index < -0.39 is 0 Å². The smallest absolute Gasteiger partial charge is 0.148 e. The van der Waals surface area contributed by atoms with Gasteiger partial charge in [-0.15, -0.1) is 0 Å². The molecule has 0 N–H and O–H groups in total. The Hall–Kier alpha value is -1.71. The molecule has 0 aromatic heterocycles. The summed E-state index contributed by atoms with van der Waals surface area (Å²) >= 11 is 0. The number of ketones is 1. The van der Waals surface area contributed by atoms with E-state index in [1.54, 1.807) is 0 Å². The van der Waals surface area contributed by atoms with Crippen molar-refractivity contribution in [3.05, 3.63) is 48.0 Å². The van der Waals surface area contributed by atoms with Gasteiger partial charge in [0.1, 0.15) is 5.78 Å². The van der Waals surface area contributed by atoms with Gasteiger partial charge in [-0.25, -0.2) is 0 Å². The van der Waals surface area contributed by atoms with Gasteiger partial charge >= 0.3 is 0 Å². The summed E-state index contributed by atoms with van der Waals surface area (Å²) in [5.41, 5.74) is 1.26. The molecule has 0 spiro atoms. The highest BCUT2D eigenvalue weighted by atomic mass is 16.5. The lowest BCUT2D eigenvalue weighted by molar-refractivity contribution is -0.117. The van der Waals surface area contributed by atoms with E-state index in [2.05, 4.69) is 54.3 Å². The number of hydrogen-bond acceptors (Lipinski definition) is 3. The standard InChI is InChI=1S/C22H27NO2/c1-16(19-10-6-8-17-7-2-3-9-20(17)19)25-22-12-5-4-11-21(22)23-14-13-18(24)15-23/h2-3,6-10,16,21-22H,4-5,11-15H2,1H3/t16?,21-,22+/m1/s1. The third-order valence-electron chi connectivity index (χ3n) is 5.83. The fourth-order valence-electron chi connectivity index (χ4n) is 4.53. The van der Waals surface area contributed by atoms with E-state index in [0.717, 1.165) is 19.4 Å². The molecule has 132 valence electrons. The molecule has 25 heavy (non-hydrogen) atoms. The number of carbonyl (C=O) groups is 1. The van der Waals surface area contributed by atoms with Crippen LogP contribution in [0.15, 0.2) is 42.5 Å². The maximum absolute atomic E-state index is 11.7. The Morgan fingerprint density at radius 2 is 1.88 bits per heavy atom. The summed E-state index contributed by atoms with van der Waals surface area (Å²) in [4.78, 5) is 14.1. The minimum absolute atomic E-state index is 0.0648. The molecule has 1 saturated carbocycles. The van der Waals surface area contributed by atoms with Crippen LogP contribution in [0, 0.1) is 0 Å². The number of Topliss-reactive ketones (excluding diaryl/α,β-unsaturated/α-hetero) is 1. The van der Waals surface area contributed by atoms with Crippen LogP contribution >= 0.6 is 0 Å². The van der Waals surface area contributed by atoms with E-state index in [9.17, 15) is 4.79 Å². The number of hydrogen-bond donors (Lipinski definition) is 0. The second-order valence-electron chi connectivity index (χ2n) is 7.50. The average molecular weight is 337 g/mol. The first-order valence-corrected chi connectivity index (χ1v) is 9.61. The monoisotopic (exact) mass is 337 g/mol. The van der Waals surface area contributed by atoms with E-state index >= 15 is 0 Å². The van der Waals surface area contributed by atoms with Crippen LogP contribution in [0.5, 0.6) is 0 Å². The molecule has 1 heterocycles. The SMILES string of the molecule is CC(O[C@H]1CCCC[C@H]1N1CCC(=O)C1)c1cccc2ccccc12. The van der Waals surface area contributed by atoms with Crippen molar-refractivity contribution in [2.24, 2.45) is 0 Å². The molecule has 3 heteroatoms. The van der Waals surface area contributed by atoms with Gasteiger partial charge in [-0.05, 0) is 36.1 Å². The van der Waals surface area contributed by atoms with Crippen LogP contribution in [0.25, 0.3) is 10.8 Å². The van der Waals surface area contributed by atoms with Gasteiger partial charge in [0.25, 0.3) is 0 Å². The molecule has 1 saturated heterocycles. The predicted molar refractivity (Wildman–Crippen MR) is 101 cm³/mol. The maximum atomic E-state index is 11.7. The summed E-state index contributed by atoms with van der Waals surface area (Å²) in [6, 6.07) is 15.4. The van der Waals surface area contributed by atoms with Gasteiger partial charge in [0, 0.05) is 19.0 Å². The molecular weight excluding hydrogens is 310 g/mol. The van der Waals surface area contributed by atoms with Gasteiger partial charge in [0.2, 0.25) is 0 Å². The normalized spacial score (nSPS) is 26.2. The molecule has 2 aliphatic rings. The minimum Gasteiger partial charge on any atom is -0.369 e. The lowest BCUT2D eigenvalue weighted by Gasteiger charge is -2.38. The first-order valence-electron chi connectivity index (χ1n) is 9.61. The molecule has 4 rings (SSSR count). The molecule has 0 radical (unpaired) electrons. The van der Waals surface area contributed by atoms with E-state index in [1.165, 1.54) is 29.2 Å². The van der Waals surface area contributed by atoms with Gasteiger partial charge in [-0.3, -0.25) is 9.69 Å². The van der Waals surface area contributed by atoms with Gasteiger partial charge in [-0.2, -0.15) is 0 Å². The van der Waals surface area contributed by atoms with Crippen molar-refractivity contribution in [1.29, 1.82) is 0 Å². The number of nitrogens with zero attached hydrogens (tertiary/aromatic N) is 1. The fraction of sp³-hybridized carbons (Fsp3) is 0.500. The predicted octanol–water partition coefficient (Wildman–Crippen LogP) is 4.50. The second kappa shape index (κ2) is 7.27. The molecule has 1 unspecified atom stereocenters. The average Bonchev–Trinajstić information content (AvgIpc) is 3.08. The number of likely N-dealkylation sites (tertiary alicyclic amines) is 1. The van der Waals surface area contributed by atoms with Crippen molar-refractivity contribution in [2.75, 3.05) is 13.1 Å². The molecular formula is C22H27NO2. The van der Waals surface area contributed by atoms with Crippen LogP contribution in [0.1, 0.15) is 50.7 Å². The lowest BCUT2D eigenvalue weighted by atomic mass is 9.91. The lowest BCUT2D eigenvalue weighted by Crippen LogP contribution is -2.46.